The molecule has 3 aromatic carbocycles. The summed E-state index contributed by atoms with van der Waals surface area (Å²) >= 11 is 0. The van der Waals surface area contributed by atoms with E-state index < -0.39 is 17.7 Å². The summed E-state index contributed by atoms with van der Waals surface area (Å²) in [5, 5.41) is 11.4. The van der Waals surface area contributed by atoms with Gasteiger partial charge in [0.25, 0.3) is 11.7 Å². The quantitative estimate of drug-likeness (QED) is 0.172. The van der Waals surface area contributed by atoms with Crippen molar-refractivity contribution in [1.29, 1.82) is 0 Å². The Morgan fingerprint density at radius 2 is 1.60 bits per heavy atom. The molecule has 0 aliphatic carbocycles. The van der Waals surface area contributed by atoms with Gasteiger partial charge in [0.05, 0.1) is 11.6 Å². The van der Waals surface area contributed by atoms with Crippen molar-refractivity contribution >= 4 is 17.4 Å². The molecular weight excluding hydrogens is 500 g/mol. The zero-order valence-electron chi connectivity index (χ0n) is 24.2. The van der Waals surface area contributed by atoms with E-state index in [2.05, 4.69) is 32.6 Å². The number of carbonyl (C=O) groups is 2. The van der Waals surface area contributed by atoms with Crippen molar-refractivity contribution in [3.05, 3.63) is 106 Å². The van der Waals surface area contributed by atoms with Crippen molar-refractivity contribution < 1.29 is 19.4 Å². The number of ether oxygens (including phenoxy) is 1. The van der Waals surface area contributed by atoms with Gasteiger partial charge in [-0.05, 0) is 72.5 Å². The van der Waals surface area contributed by atoms with Gasteiger partial charge >= 0.3 is 0 Å². The second kappa shape index (κ2) is 13.0. The van der Waals surface area contributed by atoms with Crippen LogP contribution in [0.5, 0.6) is 5.75 Å². The minimum atomic E-state index is -0.659. The first kappa shape index (κ1) is 29.1. The molecule has 3 aromatic rings. The first-order valence-electron chi connectivity index (χ1n) is 14.1. The standard InChI is InChI=1S/C34H40N2O4/c1-6-35(7-2)20-21-36-31(26-14-12-25(13-15-26)23(3)4)30(33(38)34(36)39)32(37)27-16-18-29(19-17-27)40-22-28-11-9-8-10-24(28)5/h8-19,23,31,37H,6-7,20-22H2,1-5H3. The molecule has 1 aliphatic rings. The fraction of sp³-hybridized carbons (Fsp3) is 0.353. The molecule has 40 heavy (non-hydrogen) atoms. The number of rotatable bonds is 11. The van der Waals surface area contributed by atoms with Crippen LogP contribution in [0.2, 0.25) is 0 Å². The Labute approximate surface area is 237 Å². The van der Waals surface area contributed by atoms with Crippen molar-refractivity contribution in [2.45, 2.75) is 53.2 Å². The third kappa shape index (κ3) is 6.28. The fourth-order valence-electron chi connectivity index (χ4n) is 5.11. The fourth-order valence-corrected chi connectivity index (χ4v) is 5.11. The lowest BCUT2D eigenvalue weighted by Crippen LogP contribution is -2.38. The van der Waals surface area contributed by atoms with E-state index in [0.29, 0.717) is 36.9 Å². The number of nitrogens with zero attached hydrogens (tertiary/aromatic N) is 2. The zero-order chi connectivity index (χ0) is 28.8. The first-order valence-corrected chi connectivity index (χ1v) is 14.1. The van der Waals surface area contributed by atoms with E-state index >= 15 is 0 Å². The molecule has 6 heteroatoms. The van der Waals surface area contributed by atoms with Gasteiger partial charge in [0.2, 0.25) is 0 Å². The van der Waals surface area contributed by atoms with Gasteiger partial charge in [0, 0.05) is 18.7 Å². The van der Waals surface area contributed by atoms with E-state index in [4.69, 9.17) is 4.74 Å². The van der Waals surface area contributed by atoms with Crippen LogP contribution >= 0.6 is 0 Å². The number of aliphatic hydroxyl groups is 1. The average molecular weight is 541 g/mol. The van der Waals surface area contributed by atoms with E-state index in [9.17, 15) is 14.7 Å². The second-order valence-corrected chi connectivity index (χ2v) is 10.6. The summed E-state index contributed by atoms with van der Waals surface area (Å²) in [6.07, 6.45) is 0. The molecule has 0 aromatic heterocycles. The summed E-state index contributed by atoms with van der Waals surface area (Å²) in [6.45, 7) is 13.6. The predicted molar refractivity (Wildman–Crippen MR) is 159 cm³/mol. The maximum Gasteiger partial charge on any atom is 0.295 e. The van der Waals surface area contributed by atoms with Crippen LogP contribution in [0.4, 0.5) is 0 Å². The van der Waals surface area contributed by atoms with Gasteiger partial charge in [-0.3, -0.25) is 9.59 Å². The van der Waals surface area contributed by atoms with Crippen molar-refractivity contribution in [3.63, 3.8) is 0 Å². The molecule has 1 N–H and O–H groups in total. The van der Waals surface area contributed by atoms with E-state index in [1.54, 1.807) is 29.2 Å². The highest BCUT2D eigenvalue weighted by Crippen LogP contribution is 2.39. The number of hydrogen-bond donors (Lipinski definition) is 1. The predicted octanol–water partition coefficient (Wildman–Crippen LogP) is 6.46. The Morgan fingerprint density at radius 3 is 2.20 bits per heavy atom. The molecule has 1 aliphatic heterocycles. The molecule has 1 heterocycles. The van der Waals surface area contributed by atoms with Crippen LogP contribution < -0.4 is 4.74 Å². The van der Waals surface area contributed by atoms with E-state index in [0.717, 1.165) is 29.8 Å². The Balaban J connectivity index is 1.66. The monoisotopic (exact) mass is 540 g/mol. The lowest BCUT2D eigenvalue weighted by atomic mass is 9.93. The summed E-state index contributed by atoms with van der Waals surface area (Å²) in [7, 11) is 0. The van der Waals surface area contributed by atoms with Crippen LogP contribution in [0.3, 0.4) is 0 Å². The summed E-state index contributed by atoms with van der Waals surface area (Å²) in [5.74, 6) is -0.401. The molecule has 0 bridgehead atoms. The lowest BCUT2D eigenvalue weighted by molar-refractivity contribution is -0.140. The summed E-state index contributed by atoms with van der Waals surface area (Å²) in [5.41, 5.74) is 4.82. The zero-order valence-corrected chi connectivity index (χ0v) is 24.2. The Hall–Kier alpha value is -3.90. The van der Waals surface area contributed by atoms with E-state index in [1.165, 1.54) is 5.56 Å². The number of benzene rings is 3. The third-order valence-corrected chi connectivity index (χ3v) is 7.79. The maximum atomic E-state index is 13.4. The number of likely N-dealkylation sites (tertiary alicyclic amines) is 1. The first-order chi connectivity index (χ1) is 19.2. The number of Topliss-reactive ketones (excluding diaryl/α,β-unsaturated/α-hetero) is 1. The van der Waals surface area contributed by atoms with Gasteiger partial charge in [-0.1, -0.05) is 76.2 Å². The smallest absolute Gasteiger partial charge is 0.295 e. The minimum absolute atomic E-state index is 0.121. The molecule has 210 valence electrons. The molecule has 4 rings (SSSR count). The highest BCUT2D eigenvalue weighted by molar-refractivity contribution is 6.46. The number of hydrogen-bond acceptors (Lipinski definition) is 5. The van der Waals surface area contributed by atoms with Crippen LogP contribution in [0, 0.1) is 6.92 Å². The van der Waals surface area contributed by atoms with Gasteiger partial charge in [0.15, 0.2) is 0 Å². The summed E-state index contributed by atoms with van der Waals surface area (Å²) in [6, 6.07) is 22.4. The largest absolute Gasteiger partial charge is 0.507 e. The average Bonchev–Trinajstić information content (AvgIpc) is 3.22. The molecule has 0 radical (unpaired) electrons. The molecule has 6 nitrogen and oxygen atoms in total. The molecule has 1 unspecified atom stereocenters. The van der Waals surface area contributed by atoms with Gasteiger partial charge in [-0.15, -0.1) is 0 Å². The molecular formula is C34H40N2O4. The van der Waals surface area contributed by atoms with Crippen LogP contribution in [0.1, 0.15) is 67.5 Å². The van der Waals surface area contributed by atoms with Gasteiger partial charge in [-0.2, -0.15) is 0 Å². The van der Waals surface area contributed by atoms with Crippen LogP contribution in [0.25, 0.3) is 5.76 Å². The molecule has 0 spiro atoms. The number of likely N-dealkylation sites (N-methyl/N-ethyl adjacent to an activating group) is 1. The van der Waals surface area contributed by atoms with Crippen LogP contribution in [-0.2, 0) is 16.2 Å². The Kier molecular flexibility index (Phi) is 9.43. The molecule has 1 saturated heterocycles. The van der Waals surface area contributed by atoms with Gasteiger partial charge < -0.3 is 19.6 Å². The second-order valence-electron chi connectivity index (χ2n) is 10.6. The number of carbonyl (C=O) groups excluding carboxylic acids is 2. The van der Waals surface area contributed by atoms with Crippen LogP contribution in [0.15, 0.2) is 78.4 Å². The summed E-state index contributed by atoms with van der Waals surface area (Å²) < 4.78 is 5.95. The highest BCUT2D eigenvalue weighted by Gasteiger charge is 2.46. The Morgan fingerprint density at radius 1 is 0.950 bits per heavy atom. The minimum Gasteiger partial charge on any atom is -0.507 e. The van der Waals surface area contributed by atoms with Gasteiger partial charge in [0.1, 0.15) is 18.1 Å². The number of aliphatic hydroxyl groups excluding tert-OH is 1. The Bertz CT molecular complexity index is 1360. The third-order valence-electron chi connectivity index (χ3n) is 7.79. The molecule has 0 saturated carbocycles. The molecule has 1 amide bonds. The topological polar surface area (TPSA) is 70.1 Å². The lowest BCUT2D eigenvalue weighted by Gasteiger charge is -2.28. The highest BCUT2D eigenvalue weighted by atomic mass is 16.5. The molecule has 1 atom stereocenters. The number of aryl methyl sites for hydroxylation is 1. The number of amides is 1. The van der Waals surface area contributed by atoms with Crippen molar-refractivity contribution in [1.82, 2.24) is 9.80 Å². The van der Waals surface area contributed by atoms with Crippen molar-refractivity contribution in [3.8, 4) is 5.75 Å². The van der Waals surface area contributed by atoms with Gasteiger partial charge in [-0.25, -0.2) is 0 Å². The van der Waals surface area contributed by atoms with E-state index in [1.807, 2.05) is 55.5 Å². The molecule has 1 fully saturated rings. The van der Waals surface area contributed by atoms with E-state index in [-0.39, 0.29) is 11.3 Å². The maximum absolute atomic E-state index is 13.4. The SMILES string of the molecule is CCN(CC)CCN1C(=O)C(=O)C(=C(O)c2ccc(OCc3ccccc3C)cc2)C1c1ccc(C(C)C)cc1. The normalized spacial score (nSPS) is 16.8. The summed E-state index contributed by atoms with van der Waals surface area (Å²) in [4.78, 5) is 30.5. The number of ketones is 1. The van der Waals surface area contributed by atoms with Crippen molar-refractivity contribution in [2.24, 2.45) is 0 Å². The van der Waals surface area contributed by atoms with Crippen molar-refractivity contribution in [2.75, 3.05) is 26.2 Å². The van der Waals surface area contributed by atoms with Crippen LogP contribution in [-0.4, -0.2) is 52.8 Å².